The average molecular weight is 171 g/mol. The summed E-state index contributed by atoms with van der Waals surface area (Å²) in [5.41, 5.74) is 0. The highest BCUT2D eigenvalue weighted by Crippen LogP contribution is 2.36. The predicted octanol–water partition coefficient (Wildman–Crippen LogP) is 1.20. The Morgan fingerprint density at radius 3 is 2.25 bits per heavy atom. The Hall–Kier alpha value is -0.0800. The first-order valence-electron chi connectivity index (χ1n) is 4.85. The van der Waals surface area contributed by atoms with E-state index in [4.69, 9.17) is 0 Å². The molecule has 0 bridgehead atoms. The van der Waals surface area contributed by atoms with Crippen molar-refractivity contribution in [3.63, 3.8) is 0 Å². The summed E-state index contributed by atoms with van der Waals surface area (Å²) in [6.45, 7) is 5.43. The molecule has 4 atom stereocenters. The molecule has 1 fully saturated rings. The van der Waals surface area contributed by atoms with Crippen molar-refractivity contribution in [1.82, 2.24) is 4.90 Å². The number of nitrogens with zero attached hydrogens (tertiary/aromatic N) is 1. The van der Waals surface area contributed by atoms with Crippen molar-refractivity contribution in [3.05, 3.63) is 0 Å². The summed E-state index contributed by atoms with van der Waals surface area (Å²) in [4.78, 5) is 2.21. The molecular formula is C10H21NO. The molecule has 0 aliphatic heterocycles. The molecule has 0 heterocycles. The molecule has 12 heavy (non-hydrogen) atoms. The lowest BCUT2D eigenvalue weighted by Crippen LogP contribution is -2.26. The maximum absolute atomic E-state index is 9.73. The molecule has 1 aliphatic rings. The van der Waals surface area contributed by atoms with Gasteiger partial charge >= 0.3 is 0 Å². The largest absolute Gasteiger partial charge is 0.393 e. The van der Waals surface area contributed by atoms with Gasteiger partial charge in [0.25, 0.3) is 0 Å². The SMILES string of the molecule is CC1CC(CN(C)C)C(C)C1O. The van der Waals surface area contributed by atoms with E-state index in [1.54, 1.807) is 0 Å². The minimum atomic E-state index is -0.0741. The van der Waals surface area contributed by atoms with Gasteiger partial charge in [-0.3, -0.25) is 0 Å². The van der Waals surface area contributed by atoms with E-state index in [1.807, 2.05) is 0 Å². The van der Waals surface area contributed by atoms with E-state index in [9.17, 15) is 5.11 Å². The highest BCUT2D eigenvalue weighted by atomic mass is 16.3. The first kappa shape index (κ1) is 10.0. The second kappa shape index (κ2) is 3.75. The maximum Gasteiger partial charge on any atom is 0.0594 e. The van der Waals surface area contributed by atoms with Crippen LogP contribution >= 0.6 is 0 Å². The quantitative estimate of drug-likeness (QED) is 0.675. The van der Waals surface area contributed by atoms with E-state index in [0.29, 0.717) is 17.8 Å². The van der Waals surface area contributed by atoms with E-state index < -0.39 is 0 Å². The van der Waals surface area contributed by atoms with Gasteiger partial charge in [-0.1, -0.05) is 13.8 Å². The predicted molar refractivity (Wildman–Crippen MR) is 51.0 cm³/mol. The molecule has 0 aromatic rings. The van der Waals surface area contributed by atoms with E-state index >= 15 is 0 Å². The highest BCUT2D eigenvalue weighted by molar-refractivity contribution is 4.87. The monoisotopic (exact) mass is 171 g/mol. The Balaban J connectivity index is 2.47. The van der Waals surface area contributed by atoms with Crippen LogP contribution in [0.1, 0.15) is 20.3 Å². The zero-order chi connectivity index (χ0) is 9.30. The first-order chi connectivity index (χ1) is 5.52. The Morgan fingerprint density at radius 2 is 1.92 bits per heavy atom. The zero-order valence-corrected chi connectivity index (χ0v) is 8.62. The van der Waals surface area contributed by atoms with Gasteiger partial charge in [0.05, 0.1) is 6.10 Å². The standard InChI is InChI=1S/C10H21NO/c1-7-5-9(6-11(3)4)8(2)10(7)12/h7-10,12H,5-6H2,1-4H3. The van der Waals surface area contributed by atoms with Crippen LogP contribution in [0.2, 0.25) is 0 Å². The lowest BCUT2D eigenvalue weighted by molar-refractivity contribution is 0.0940. The van der Waals surface area contributed by atoms with E-state index in [0.717, 1.165) is 6.54 Å². The Morgan fingerprint density at radius 1 is 1.33 bits per heavy atom. The summed E-state index contributed by atoms with van der Waals surface area (Å²) in [6.07, 6.45) is 1.11. The van der Waals surface area contributed by atoms with E-state index in [-0.39, 0.29) is 6.10 Å². The van der Waals surface area contributed by atoms with Gasteiger partial charge in [0.15, 0.2) is 0 Å². The second-order valence-electron chi connectivity index (χ2n) is 4.59. The molecule has 0 radical (unpaired) electrons. The molecule has 1 saturated carbocycles. The third-order valence-electron chi connectivity index (χ3n) is 3.14. The van der Waals surface area contributed by atoms with Crippen LogP contribution < -0.4 is 0 Å². The van der Waals surface area contributed by atoms with Crippen LogP contribution in [0, 0.1) is 17.8 Å². The minimum absolute atomic E-state index is 0.0741. The van der Waals surface area contributed by atoms with Crippen LogP contribution in [-0.4, -0.2) is 36.8 Å². The molecule has 2 nitrogen and oxygen atoms in total. The van der Waals surface area contributed by atoms with Crippen LogP contribution in [0.25, 0.3) is 0 Å². The molecule has 0 spiro atoms. The lowest BCUT2D eigenvalue weighted by atomic mass is 9.97. The van der Waals surface area contributed by atoms with Crippen molar-refractivity contribution >= 4 is 0 Å². The number of aliphatic hydroxyl groups excluding tert-OH is 1. The Kier molecular flexibility index (Phi) is 3.13. The fraction of sp³-hybridized carbons (Fsp3) is 1.00. The van der Waals surface area contributed by atoms with Gasteiger partial charge < -0.3 is 10.0 Å². The van der Waals surface area contributed by atoms with E-state index in [2.05, 4.69) is 32.8 Å². The van der Waals surface area contributed by atoms with Crippen LogP contribution in [0.15, 0.2) is 0 Å². The molecule has 0 aromatic heterocycles. The molecule has 0 saturated heterocycles. The van der Waals surface area contributed by atoms with Crippen molar-refractivity contribution < 1.29 is 5.11 Å². The summed E-state index contributed by atoms with van der Waals surface area (Å²) >= 11 is 0. The maximum atomic E-state index is 9.73. The molecule has 4 unspecified atom stereocenters. The smallest absolute Gasteiger partial charge is 0.0594 e. The molecule has 72 valence electrons. The van der Waals surface area contributed by atoms with Crippen molar-refractivity contribution in [1.29, 1.82) is 0 Å². The first-order valence-corrected chi connectivity index (χ1v) is 4.85. The van der Waals surface area contributed by atoms with Crippen molar-refractivity contribution in [2.24, 2.45) is 17.8 Å². The van der Waals surface area contributed by atoms with Crippen molar-refractivity contribution in [3.8, 4) is 0 Å². The van der Waals surface area contributed by atoms with Crippen LogP contribution in [0.4, 0.5) is 0 Å². The van der Waals surface area contributed by atoms with Gasteiger partial charge in [-0.25, -0.2) is 0 Å². The Labute approximate surface area is 75.6 Å². The van der Waals surface area contributed by atoms with E-state index in [1.165, 1.54) is 6.42 Å². The van der Waals surface area contributed by atoms with Crippen LogP contribution in [-0.2, 0) is 0 Å². The highest BCUT2D eigenvalue weighted by Gasteiger charge is 2.36. The molecule has 0 amide bonds. The van der Waals surface area contributed by atoms with Gasteiger partial charge in [0.1, 0.15) is 0 Å². The summed E-state index contributed by atoms with van der Waals surface area (Å²) in [7, 11) is 4.20. The number of hydrogen-bond donors (Lipinski definition) is 1. The van der Waals surface area contributed by atoms with Gasteiger partial charge in [-0.15, -0.1) is 0 Å². The van der Waals surface area contributed by atoms with Crippen molar-refractivity contribution in [2.45, 2.75) is 26.4 Å². The van der Waals surface area contributed by atoms with Crippen LogP contribution in [0.3, 0.4) is 0 Å². The van der Waals surface area contributed by atoms with Gasteiger partial charge in [0.2, 0.25) is 0 Å². The number of hydrogen-bond acceptors (Lipinski definition) is 2. The Bertz CT molecular complexity index is 145. The lowest BCUT2D eigenvalue weighted by Gasteiger charge is -2.20. The van der Waals surface area contributed by atoms with Gasteiger partial charge in [-0.05, 0) is 38.3 Å². The molecule has 1 rings (SSSR count). The summed E-state index contributed by atoms with van der Waals surface area (Å²) < 4.78 is 0. The molecule has 0 aromatic carbocycles. The molecular weight excluding hydrogens is 150 g/mol. The third kappa shape index (κ3) is 1.99. The van der Waals surface area contributed by atoms with Gasteiger partial charge in [0, 0.05) is 6.54 Å². The van der Waals surface area contributed by atoms with Crippen molar-refractivity contribution in [2.75, 3.05) is 20.6 Å². The summed E-state index contributed by atoms with van der Waals surface area (Å²) in [6, 6.07) is 0. The number of aliphatic hydroxyl groups is 1. The molecule has 2 heteroatoms. The molecule has 1 aliphatic carbocycles. The topological polar surface area (TPSA) is 23.5 Å². The van der Waals surface area contributed by atoms with Crippen LogP contribution in [0.5, 0.6) is 0 Å². The summed E-state index contributed by atoms with van der Waals surface area (Å²) in [5, 5.41) is 9.73. The third-order valence-corrected chi connectivity index (χ3v) is 3.14. The fourth-order valence-electron chi connectivity index (χ4n) is 2.34. The molecule has 1 N–H and O–H groups in total. The number of rotatable bonds is 2. The van der Waals surface area contributed by atoms with Gasteiger partial charge in [-0.2, -0.15) is 0 Å². The summed E-state index contributed by atoms with van der Waals surface area (Å²) in [5.74, 6) is 1.65. The zero-order valence-electron chi connectivity index (χ0n) is 8.62. The minimum Gasteiger partial charge on any atom is -0.393 e. The second-order valence-corrected chi connectivity index (χ2v) is 4.59. The normalized spacial score (nSPS) is 42.5. The average Bonchev–Trinajstić information content (AvgIpc) is 2.17. The fourth-order valence-corrected chi connectivity index (χ4v) is 2.34.